The molecule has 0 unspecified atom stereocenters. The van der Waals surface area contributed by atoms with Gasteiger partial charge in [-0.25, -0.2) is 4.39 Å². The Morgan fingerprint density at radius 3 is 2.52 bits per heavy atom. The molecule has 3 nitrogen and oxygen atoms in total. The molecule has 0 heterocycles. The van der Waals surface area contributed by atoms with E-state index in [2.05, 4.69) is 52.7 Å². The fraction of sp³-hybridized carbons (Fsp3) is 0.261. The second kappa shape index (κ2) is 7.89. The van der Waals surface area contributed by atoms with Crippen LogP contribution in [0.2, 0.25) is 0 Å². The molecule has 0 atom stereocenters. The molecule has 1 aliphatic rings. The van der Waals surface area contributed by atoms with Crippen LogP contribution in [0.15, 0.2) is 66.7 Å². The van der Waals surface area contributed by atoms with Crippen molar-refractivity contribution in [3.8, 4) is 0 Å². The number of nitrogens with one attached hydrogen (secondary N) is 1. The van der Waals surface area contributed by atoms with Crippen molar-refractivity contribution in [2.24, 2.45) is 0 Å². The van der Waals surface area contributed by atoms with Crippen LogP contribution in [0.25, 0.3) is 10.8 Å². The molecular weight excluding hydrogens is 339 g/mol. The second-order valence-corrected chi connectivity index (χ2v) is 7.14. The fourth-order valence-electron chi connectivity index (χ4n) is 3.48. The van der Waals surface area contributed by atoms with Crippen LogP contribution in [-0.4, -0.2) is 23.4 Å². The summed E-state index contributed by atoms with van der Waals surface area (Å²) in [6.45, 7) is 1.58. The summed E-state index contributed by atoms with van der Waals surface area (Å²) < 4.78 is 13.0. The van der Waals surface area contributed by atoms with E-state index in [4.69, 9.17) is 0 Å². The van der Waals surface area contributed by atoms with Gasteiger partial charge < -0.3 is 5.32 Å². The highest BCUT2D eigenvalue weighted by Crippen LogP contribution is 2.30. The van der Waals surface area contributed by atoms with Crippen molar-refractivity contribution in [1.82, 2.24) is 4.90 Å². The van der Waals surface area contributed by atoms with Crippen LogP contribution in [-0.2, 0) is 11.3 Å². The SMILES string of the molecule is O=C(CCN(Cc1cccc2ccccc12)C1CC1)Nc1ccc(F)cc1. The highest BCUT2D eigenvalue weighted by atomic mass is 19.1. The second-order valence-electron chi connectivity index (χ2n) is 7.14. The average molecular weight is 362 g/mol. The lowest BCUT2D eigenvalue weighted by atomic mass is 10.0. The number of hydrogen-bond donors (Lipinski definition) is 1. The van der Waals surface area contributed by atoms with Crippen molar-refractivity contribution in [1.29, 1.82) is 0 Å². The van der Waals surface area contributed by atoms with Crippen LogP contribution in [0.1, 0.15) is 24.8 Å². The first-order valence-electron chi connectivity index (χ1n) is 9.45. The first-order valence-corrected chi connectivity index (χ1v) is 9.45. The Hall–Kier alpha value is -2.72. The van der Waals surface area contributed by atoms with Gasteiger partial charge in [0, 0.05) is 31.2 Å². The molecule has 138 valence electrons. The molecule has 0 radical (unpaired) electrons. The maximum absolute atomic E-state index is 13.0. The number of hydrogen-bond acceptors (Lipinski definition) is 2. The van der Waals surface area contributed by atoms with Crippen molar-refractivity contribution in [2.75, 3.05) is 11.9 Å². The summed E-state index contributed by atoms with van der Waals surface area (Å²) in [6, 6.07) is 21.3. The third-order valence-electron chi connectivity index (χ3n) is 5.07. The Kier molecular flexibility index (Phi) is 5.16. The number of fused-ring (bicyclic) bond motifs is 1. The van der Waals surface area contributed by atoms with Gasteiger partial charge in [0.05, 0.1) is 0 Å². The molecular formula is C23H23FN2O. The summed E-state index contributed by atoms with van der Waals surface area (Å²) >= 11 is 0. The normalized spacial score (nSPS) is 13.9. The Morgan fingerprint density at radius 2 is 1.74 bits per heavy atom. The standard InChI is InChI=1S/C23H23FN2O/c24-19-8-10-20(11-9-19)25-23(27)14-15-26(21-12-13-21)16-18-6-3-5-17-4-1-2-7-22(17)18/h1-11,21H,12-16H2,(H,25,27). The zero-order valence-corrected chi connectivity index (χ0v) is 15.2. The molecule has 0 aromatic heterocycles. The molecule has 0 saturated heterocycles. The predicted molar refractivity (Wildman–Crippen MR) is 107 cm³/mol. The Balaban J connectivity index is 1.39. The lowest BCUT2D eigenvalue weighted by molar-refractivity contribution is -0.116. The molecule has 3 aromatic rings. The first kappa shape index (κ1) is 17.7. The van der Waals surface area contributed by atoms with Crippen LogP contribution in [0.4, 0.5) is 10.1 Å². The van der Waals surface area contributed by atoms with Gasteiger partial charge in [0.25, 0.3) is 0 Å². The molecule has 27 heavy (non-hydrogen) atoms. The van der Waals surface area contributed by atoms with Gasteiger partial charge in [0.15, 0.2) is 0 Å². The number of carbonyl (C=O) groups is 1. The number of rotatable bonds is 7. The maximum Gasteiger partial charge on any atom is 0.225 e. The largest absolute Gasteiger partial charge is 0.326 e. The lowest BCUT2D eigenvalue weighted by Crippen LogP contribution is -2.29. The number of anilines is 1. The van der Waals surface area contributed by atoms with Crippen LogP contribution in [0, 0.1) is 5.82 Å². The zero-order valence-electron chi connectivity index (χ0n) is 15.2. The van der Waals surface area contributed by atoms with Crippen molar-refractivity contribution < 1.29 is 9.18 Å². The summed E-state index contributed by atoms with van der Waals surface area (Å²) in [7, 11) is 0. The predicted octanol–water partition coefficient (Wildman–Crippen LogP) is 4.97. The Morgan fingerprint density at radius 1 is 1.00 bits per heavy atom. The van der Waals surface area contributed by atoms with E-state index in [0.717, 1.165) is 13.1 Å². The van der Waals surface area contributed by atoms with E-state index >= 15 is 0 Å². The van der Waals surface area contributed by atoms with Crippen molar-refractivity contribution in [2.45, 2.75) is 31.8 Å². The van der Waals surface area contributed by atoms with Crippen LogP contribution >= 0.6 is 0 Å². The minimum Gasteiger partial charge on any atom is -0.326 e. The van der Waals surface area contributed by atoms with Gasteiger partial charge in [-0.2, -0.15) is 0 Å². The maximum atomic E-state index is 13.0. The molecule has 0 bridgehead atoms. The lowest BCUT2D eigenvalue weighted by Gasteiger charge is -2.22. The molecule has 1 amide bonds. The molecule has 0 aliphatic heterocycles. The quantitative estimate of drug-likeness (QED) is 0.643. The molecule has 1 aliphatic carbocycles. The smallest absolute Gasteiger partial charge is 0.225 e. The molecule has 1 saturated carbocycles. The summed E-state index contributed by atoms with van der Waals surface area (Å²) in [5.41, 5.74) is 1.94. The van der Waals surface area contributed by atoms with E-state index in [1.807, 2.05) is 0 Å². The van der Waals surface area contributed by atoms with Gasteiger partial charge in [0.1, 0.15) is 5.82 Å². The third kappa shape index (κ3) is 4.52. The number of halogens is 1. The summed E-state index contributed by atoms with van der Waals surface area (Å²) in [4.78, 5) is 14.7. The van der Waals surface area contributed by atoms with E-state index in [-0.39, 0.29) is 11.7 Å². The minimum atomic E-state index is -0.303. The monoisotopic (exact) mass is 362 g/mol. The highest BCUT2D eigenvalue weighted by molar-refractivity contribution is 5.90. The van der Waals surface area contributed by atoms with Crippen LogP contribution in [0.3, 0.4) is 0 Å². The van der Waals surface area contributed by atoms with Crippen molar-refractivity contribution >= 4 is 22.4 Å². The van der Waals surface area contributed by atoms with Gasteiger partial charge in [-0.05, 0) is 53.4 Å². The van der Waals surface area contributed by atoms with Crippen molar-refractivity contribution in [3.63, 3.8) is 0 Å². The van der Waals surface area contributed by atoms with Gasteiger partial charge in [0.2, 0.25) is 5.91 Å². The molecule has 1 N–H and O–H groups in total. The summed E-state index contributed by atoms with van der Waals surface area (Å²) in [5.74, 6) is -0.340. The summed E-state index contributed by atoms with van der Waals surface area (Å²) in [5, 5.41) is 5.37. The molecule has 3 aromatic carbocycles. The van der Waals surface area contributed by atoms with E-state index in [9.17, 15) is 9.18 Å². The number of amides is 1. The van der Waals surface area contributed by atoms with E-state index in [0.29, 0.717) is 18.2 Å². The van der Waals surface area contributed by atoms with E-state index in [1.54, 1.807) is 12.1 Å². The average Bonchev–Trinajstić information content (AvgIpc) is 3.52. The molecule has 4 rings (SSSR count). The Labute approximate surface area is 158 Å². The Bertz CT molecular complexity index is 929. The third-order valence-corrected chi connectivity index (χ3v) is 5.07. The van der Waals surface area contributed by atoms with Gasteiger partial charge in [-0.1, -0.05) is 42.5 Å². The number of carbonyl (C=O) groups excluding carboxylic acids is 1. The first-order chi connectivity index (χ1) is 13.2. The number of benzene rings is 3. The molecule has 4 heteroatoms. The topological polar surface area (TPSA) is 32.3 Å². The van der Waals surface area contributed by atoms with Crippen LogP contribution in [0.5, 0.6) is 0 Å². The van der Waals surface area contributed by atoms with Gasteiger partial charge in [-0.3, -0.25) is 9.69 Å². The highest BCUT2D eigenvalue weighted by Gasteiger charge is 2.29. The van der Waals surface area contributed by atoms with E-state index < -0.39 is 0 Å². The summed E-state index contributed by atoms with van der Waals surface area (Å²) in [6.07, 6.45) is 2.83. The van der Waals surface area contributed by atoms with Crippen LogP contribution < -0.4 is 5.32 Å². The zero-order chi connectivity index (χ0) is 18.6. The minimum absolute atomic E-state index is 0.0369. The van der Waals surface area contributed by atoms with Crippen molar-refractivity contribution in [3.05, 3.63) is 78.1 Å². The van der Waals surface area contributed by atoms with E-state index in [1.165, 1.54) is 41.3 Å². The molecule has 1 fully saturated rings. The van der Waals surface area contributed by atoms with Gasteiger partial charge >= 0.3 is 0 Å². The molecule has 0 spiro atoms. The van der Waals surface area contributed by atoms with Gasteiger partial charge in [-0.15, -0.1) is 0 Å². The number of nitrogens with zero attached hydrogens (tertiary/aromatic N) is 1. The fourth-order valence-corrected chi connectivity index (χ4v) is 3.48.